The normalized spacial score (nSPS) is 20.6. The van der Waals surface area contributed by atoms with Crippen LogP contribution in [0.3, 0.4) is 0 Å². The first kappa shape index (κ1) is 23.4. The Balaban J connectivity index is 1.33. The Bertz CT molecular complexity index is 1490. The molecule has 3 aromatic carbocycles. The van der Waals surface area contributed by atoms with Crippen molar-refractivity contribution in [2.24, 2.45) is 5.92 Å². The summed E-state index contributed by atoms with van der Waals surface area (Å²) in [6.45, 7) is 3.18. The molecule has 2 amide bonds. The van der Waals surface area contributed by atoms with Crippen molar-refractivity contribution in [3.63, 3.8) is 0 Å². The topological polar surface area (TPSA) is 74.6 Å². The van der Waals surface area contributed by atoms with Crippen molar-refractivity contribution in [3.05, 3.63) is 83.7 Å². The molecule has 3 saturated heterocycles. The van der Waals surface area contributed by atoms with Crippen LogP contribution in [0.1, 0.15) is 33.6 Å². The van der Waals surface area contributed by atoms with Gasteiger partial charge in [0.25, 0.3) is 11.8 Å². The van der Waals surface area contributed by atoms with Gasteiger partial charge in [-0.3, -0.25) is 9.59 Å². The fourth-order valence-corrected chi connectivity index (χ4v) is 5.65. The van der Waals surface area contributed by atoms with Gasteiger partial charge >= 0.3 is 0 Å². The number of nitrogens with zero attached hydrogens (tertiary/aromatic N) is 1. The van der Waals surface area contributed by atoms with Gasteiger partial charge < -0.3 is 20.0 Å². The van der Waals surface area contributed by atoms with E-state index in [1.807, 2.05) is 42.5 Å². The van der Waals surface area contributed by atoms with Gasteiger partial charge in [-0.05, 0) is 91.5 Å². The zero-order valence-corrected chi connectivity index (χ0v) is 20.6. The van der Waals surface area contributed by atoms with Crippen LogP contribution in [0.2, 0.25) is 0 Å². The molecule has 3 aliphatic heterocycles. The van der Waals surface area contributed by atoms with E-state index in [1.165, 1.54) is 12.1 Å². The molecule has 0 aliphatic carbocycles. The van der Waals surface area contributed by atoms with Crippen LogP contribution >= 0.6 is 0 Å². The molecule has 0 spiro atoms. The average Bonchev–Trinajstić information content (AvgIpc) is 3.32. The number of carbonyl (C=O) groups is 2. The van der Waals surface area contributed by atoms with E-state index in [4.69, 9.17) is 4.42 Å². The summed E-state index contributed by atoms with van der Waals surface area (Å²) in [4.78, 5) is 28.4. The summed E-state index contributed by atoms with van der Waals surface area (Å²) in [6, 6.07) is 19.3. The molecule has 37 heavy (non-hydrogen) atoms. The predicted octanol–water partition coefficient (Wildman–Crippen LogP) is 5.09. The monoisotopic (exact) mass is 497 g/mol. The molecule has 7 heteroatoms. The molecule has 7 rings (SSSR count). The maximum atomic E-state index is 13.5. The summed E-state index contributed by atoms with van der Waals surface area (Å²) >= 11 is 0. The van der Waals surface area contributed by atoms with Crippen molar-refractivity contribution >= 4 is 22.8 Å². The van der Waals surface area contributed by atoms with Crippen LogP contribution in [0, 0.1) is 11.7 Å². The van der Waals surface area contributed by atoms with Gasteiger partial charge in [-0.15, -0.1) is 0 Å². The Labute approximate surface area is 214 Å². The van der Waals surface area contributed by atoms with Crippen LogP contribution in [-0.2, 0) is 0 Å². The molecule has 188 valence electrons. The lowest BCUT2D eigenvalue weighted by Gasteiger charge is -2.44. The Morgan fingerprint density at radius 1 is 0.919 bits per heavy atom. The number of nitrogens with one attached hydrogen (secondary N) is 2. The number of furan rings is 1. The number of benzene rings is 3. The molecular weight excluding hydrogens is 469 g/mol. The third-order valence-corrected chi connectivity index (χ3v) is 7.68. The van der Waals surface area contributed by atoms with Crippen molar-refractivity contribution in [2.75, 3.05) is 26.7 Å². The number of rotatable bonds is 5. The second-order valence-corrected chi connectivity index (χ2v) is 9.90. The number of fused-ring (bicyclic) bond motifs is 4. The minimum absolute atomic E-state index is 0.0605. The highest BCUT2D eigenvalue weighted by atomic mass is 19.1. The maximum absolute atomic E-state index is 13.5. The molecule has 2 N–H and O–H groups in total. The first-order valence-electron chi connectivity index (χ1n) is 12.7. The lowest BCUT2D eigenvalue weighted by atomic mass is 9.84. The van der Waals surface area contributed by atoms with Crippen LogP contribution in [-0.4, -0.2) is 49.4 Å². The Hall–Kier alpha value is -3.97. The minimum Gasteiger partial charge on any atom is -0.455 e. The summed E-state index contributed by atoms with van der Waals surface area (Å²) in [5.74, 6) is 0.229. The molecule has 4 aromatic rings. The zero-order chi connectivity index (χ0) is 25.5. The van der Waals surface area contributed by atoms with Crippen molar-refractivity contribution in [1.29, 1.82) is 0 Å². The lowest BCUT2D eigenvalue weighted by molar-refractivity contribution is 0.0620. The standard InChI is InChI=1S/C30H28FN3O3/c1-32-30(36)27-24-16-21(7-10-26(24)37-28(27)19-5-8-23(31)9-6-19)20-3-2-4-22(15-20)29(35)33-25-17-34-13-11-18(25)12-14-34/h2-10,15-16,18,25H,11-14,17H2,1H3,(H,32,36)(H,33,35). The molecule has 3 fully saturated rings. The van der Waals surface area contributed by atoms with Gasteiger partial charge in [-0.25, -0.2) is 4.39 Å². The zero-order valence-electron chi connectivity index (χ0n) is 20.6. The fraction of sp³-hybridized carbons (Fsp3) is 0.267. The van der Waals surface area contributed by atoms with Gasteiger partial charge in [-0.2, -0.15) is 0 Å². The first-order valence-corrected chi connectivity index (χ1v) is 12.7. The Morgan fingerprint density at radius 2 is 1.65 bits per heavy atom. The minimum atomic E-state index is -0.360. The van der Waals surface area contributed by atoms with E-state index in [9.17, 15) is 14.0 Å². The molecule has 4 heterocycles. The highest BCUT2D eigenvalue weighted by molar-refractivity contribution is 6.11. The van der Waals surface area contributed by atoms with Crippen LogP contribution in [0.4, 0.5) is 4.39 Å². The SMILES string of the molecule is CNC(=O)c1c(-c2ccc(F)cc2)oc2ccc(-c3cccc(C(=O)NC4CN5CCC4CC5)c3)cc12. The van der Waals surface area contributed by atoms with E-state index in [0.29, 0.717) is 39.3 Å². The second-order valence-electron chi connectivity index (χ2n) is 9.90. The first-order chi connectivity index (χ1) is 18.0. The average molecular weight is 498 g/mol. The van der Waals surface area contributed by atoms with Gasteiger partial charge in [0.05, 0.1) is 5.56 Å². The molecule has 0 saturated carbocycles. The van der Waals surface area contributed by atoms with Gasteiger partial charge in [-0.1, -0.05) is 18.2 Å². The third-order valence-electron chi connectivity index (χ3n) is 7.68. The summed E-state index contributed by atoms with van der Waals surface area (Å²) in [5.41, 5.74) is 3.90. The number of amides is 2. The number of piperidine rings is 3. The van der Waals surface area contributed by atoms with E-state index in [2.05, 4.69) is 15.5 Å². The molecule has 2 bridgehead atoms. The largest absolute Gasteiger partial charge is 0.455 e. The fourth-order valence-electron chi connectivity index (χ4n) is 5.65. The summed E-state index contributed by atoms with van der Waals surface area (Å²) in [5, 5.41) is 6.59. The predicted molar refractivity (Wildman–Crippen MR) is 141 cm³/mol. The van der Waals surface area contributed by atoms with Crippen molar-refractivity contribution in [2.45, 2.75) is 18.9 Å². The summed E-state index contributed by atoms with van der Waals surface area (Å²) in [7, 11) is 1.57. The molecule has 1 atom stereocenters. The second kappa shape index (κ2) is 9.48. The van der Waals surface area contributed by atoms with Crippen LogP contribution < -0.4 is 10.6 Å². The molecule has 6 nitrogen and oxygen atoms in total. The number of carbonyl (C=O) groups excluding carboxylic acids is 2. The lowest BCUT2D eigenvalue weighted by Crippen LogP contribution is -2.57. The Kier molecular flexibility index (Phi) is 6.00. The van der Waals surface area contributed by atoms with Crippen LogP contribution in [0.5, 0.6) is 0 Å². The molecule has 0 radical (unpaired) electrons. The van der Waals surface area contributed by atoms with Crippen molar-refractivity contribution < 1.29 is 18.4 Å². The third kappa shape index (κ3) is 4.40. The smallest absolute Gasteiger partial charge is 0.255 e. The van der Waals surface area contributed by atoms with Crippen molar-refractivity contribution in [1.82, 2.24) is 15.5 Å². The highest BCUT2D eigenvalue weighted by Crippen LogP contribution is 2.36. The molecule has 1 aromatic heterocycles. The maximum Gasteiger partial charge on any atom is 0.255 e. The quantitative estimate of drug-likeness (QED) is 0.403. The van der Waals surface area contributed by atoms with E-state index < -0.39 is 0 Å². The molecular formula is C30H28FN3O3. The van der Waals surface area contributed by atoms with Gasteiger partial charge in [0.2, 0.25) is 0 Å². The summed E-state index contributed by atoms with van der Waals surface area (Å²) in [6.07, 6.45) is 2.28. The van der Waals surface area contributed by atoms with E-state index in [0.717, 1.165) is 43.6 Å². The number of halogens is 1. The molecule has 1 unspecified atom stereocenters. The van der Waals surface area contributed by atoms with Crippen LogP contribution in [0.15, 0.2) is 71.1 Å². The molecule has 3 aliphatic rings. The van der Waals surface area contributed by atoms with E-state index >= 15 is 0 Å². The number of hydrogen-bond acceptors (Lipinski definition) is 4. The van der Waals surface area contributed by atoms with Crippen molar-refractivity contribution in [3.8, 4) is 22.5 Å². The number of hydrogen-bond donors (Lipinski definition) is 2. The van der Waals surface area contributed by atoms with Gasteiger partial charge in [0.15, 0.2) is 0 Å². The van der Waals surface area contributed by atoms with E-state index in [-0.39, 0.29) is 23.7 Å². The van der Waals surface area contributed by atoms with Crippen LogP contribution in [0.25, 0.3) is 33.4 Å². The Morgan fingerprint density at radius 3 is 2.35 bits per heavy atom. The van der Waals surface area contributed by atoms with Gasteiger partial charge in [0.1, 0.15) is 17.2 Å². The van der Waals surface area contributed by atoms with E-state index in [1.54, 1.807) is 19.2 Å². The summed E-state index contributed by atoms with van der Waals surface area (Å²) < 4.78 is 19.6. The highest BCUT2D eigenvalue weighted by Gasteiger charge is 2.35. The van der Waals surface area contributed by atoms with Gasteiger partial charge in [0, 0.05) is 36.1 Å².